The van der Waals surface area contributed by atoms with Crippen molar-refractivity contribution in [2.45, 2.75) is 33.1 Å². The highest BCUT2D eigenvalue weighted by Gasteiger charge is 2.51. The van der Waals surface area contributed by atoms with Crippen LogP contribution in [0.15, 0.2) is 0 Å². The Balaban J connectivity index is 1.93. The number of hydrogen-bond acceptors (Lipinski definition) is 4. The molecule has 5 heteroatoms. The summed E-state index contributed by atoms with van der Waals surface area (Å²) in [6.07, 6.45) is 1.69. The lowest BCUT2D eigenvalue weighted by Gasteiger charge is -2.16. The van der Waals surface area contributed by atoms with E-state index in [4.69, 9.17) is 4.74 Å². The highest BCUT2D eigenvalue weighted by Crippen LogP contribution is 2.42. The zero-order chi connectivity index (χ0) is 13.3. The fraction of sp³-hybridized carbons (Fsp3) is 0.769. The minimum atomic E-state index is -0.358. The number of carbonyl (C=O) groups is 3. The first kappa shape index (κ1) is 13.1. The van der Waals surface area contributed by atoms with E-state index in [0.29, 0.717) is 12.5 Å². The molecule has 1 saturated carbocycles. The molecular formula is C13H19NO4. The molecule has 0 spiro atoms. The molecule has 18 heavy (non-hydrogen) atoms. The third-order valence-electron chi connectivity index (χ3n) is 3.81. The van der Waals surface area contributed by atoms with Crippen LogP contribution in [0.3, 0.4) is 0 Å². The van der Waals surface area contributed by atoms with Gasteiger partial charge in [-0.25, -0.2) is 0 Å². The number of nitrogens with zero attached hydrogens (tertiary/aromatic N) is 1. The first-order valence-electron chi connectivity index (χ1n) is 6.55. The first-order valence-corrected chi connectivity index (χ1v) is 6.55. The molecular weight excluding hydrogens is 234 g/mol. The number of hydrogen-bond donors (Lipinski definition) is 0. The number of esters is 1. The van der Waals surface area contributed by atoms with Gasteiger partial charge in [-0.15, -0.1) is 0 Å². The average Bonchev–Trinajstić information content (AvgIpc) is 2.79. The second kappa shape index (κ2) is 5.08. The third kappa shape index (κ3) is 2.26. The van der Waals surface area contributed by atoms with Gasteiger partial charge in [0.2, 0.25) is 11.8 Å². The Labute approximate surface area is 106 Å². The second-order valence-corrected chi connectivity index (χ2v) is 5.17. The van der Waals surface area contributed by atoms with Crippen molar-refractivity contribution in [3.63, 3.8) is 0 Å². The highest BCUT2D eigenvalue weighted by atomic mass is 16.5. The van der Waals surface area contributed by atoms with Crippen molar-refractivity contribution >= 4 is 17.8 Å². The highest BCUT2D eigenvalue weighted by molar-refractivity contribution is 6.05. The summed E-state index contributed by atoms with van der Waals surface area (Å²) < 4.78 is 4.80. The monoisotopic (exact) mass is 253 g/mol. The van der Waals surface area contributed by atoms with Crippen molar-refractivity contribution in [3.05, 3.63) is 0 Å². The molecule has 1 heterocycles. The number of rotatable bonds is 4. The van der Waals surface area contributed by atoms with Gasteiger partial charge in [0, 0.05) is 6.54 Å². The van der Waals surface area contributed by atoms with Gasteiger partial charge in [0.15, 0.2) is 0 Å². The van der Waals surface area contributed by atoms with Gasteiger partial charge in [-0.3, -0.25) is 19.3 Å². The van der Waals surface area contributed by atoms with Crippen LogP contribution in [0, 0.1) is 17.8 Å². The molecule has 2 unspecified atom stereocenters. The first-order chi connectivity index (χ1) is 8.54. The van der Waals surface area contributed by atoms with Crippen molar-refractivity contribution in [1.29, 1.82) is 0 Å². The fourth-order valence-electron chi connectivity index (χ4n) is 3.00. The molecule has 1 aliphatic carbocycles. The van der Waals surface area contributed by atoms with E-state index in [1.165, 1.54) is 4.90 Å². The van der Waals surface area contributed by atoms with E-state index in [-0.39, 0.29) is 42.6 Å². The van der Waals surface area contributed by atoms with E-state index in [1.807, 2.05) is 0 Å². The fourth-order valence-corrected chi connectivity index (χ4v) is 3.00. The lowest BCUT2D eigenvalue weighted by molar-refractivity contribution is -0.145. The van der Waals surface area contributed by atoms with Gasteiger partial charge in [0.1, 0.15) is 0 Å². The number of ether oxygens (including phenoxy) is 1. The van der Waals surface area contributed by atoms with E-state index in [9.17, 15) is 14.4 Å². The summed E-state index contributed by atoms with van der Waals surface area (Å²) in [6, 6.07) is 0. The van der Waals surface area contributed by atoms with Crippen LogP contribution in [0.2, 0.25) is 0 Å². The lowest BCUT2D eigenvalue weighted by Crippen LogP contribution is -2.34. The Hall–Kier alpha value is -1.39. The van der Waals surface area contributed by atoms with Crippen LogP contribution in [0.25, 0.3) is 0 Å². The van der Waals surface area contributed by atoms with Gasteiger partial charge >= 0.3 is 5.97 Å². The predicted molar refractivity (Wildman–Crippen MR) is 63.3 cm³/mol. The van der Waals surface area contributed by atoms with Crippen molar-refractivity contribution in [2.75, 3.05) is 13.2 Å². The van der Waals surface area contributed by atoms with E-state index in [2.05, 4.69) is 6.92 Å². The number of fused-ring (bicyclic) bond motifs is 1. The number of carbonyl (C=O) groups excluding carboxylic acids is 3. The van der Waals surface area contributed by atoms with E-state index in [0.717, 1.165) is 12.8 Å². The van der Waals surface area contributed by atoms with Crippen LogP contribution in [-0.4, -0.2) is 35.8 Å². The summed E-state index contributed by atoms with van der Waals surface area (Å²) in [5.74, 6) is -0.398. The number of imide groups is 1. The lowest BCUT2D eigenvalue weighted by atomic mass is 10.00. The van der Waals surface area contributed by atoms with Crippen LogP contribution in [0.1, 0.15) is 33.1 Å². The molecule has 2 amide bonds. The minimum absolute atomic E-state index is 0.0975. The van der Waals surface area contributed by atoms with Crippen LogP contribution >= 0.6 is 0 Å². The standard InChI is InChI=1S/C13H19NO4/c1-3-18-11(15)4-5-14-12(16)9-6-8(2)7-10(9)13(14)17/h8-10H,3-7H2,1-2H3. The van der Waals surface area contributed by atoms with E-state index in [1.54, 1.807) is 6.92 Å². The van der Waals surface area contributed by atoms with Crippen molar-refractivity contribution in [3.8, 4) is 0 Å². The predicted octanol–water partition coefficient (Wildman–Crippen LogP) is 0.971. The molecule has 0 aromatic rings. The Bertz CT molecular complexity index is 355. The van der Waals surface area contributed by atoms with E-state index < -0.39 is 0 Å². The molecule has 0 N–H and O–H groups in total. The molecule has 0 radical (unpaired) electrons. The third-order valence-corrected chi connectivity index (χ3v) is 3.81. The van der Waals surface area contributed by atoms with Gasteiger partial charge in [-0.1, -0.05) is 6.92 Å². The number of likely N-dealkylation sites (tertiary alicyclic amines) is 1. The van der Waals surface area contributed by atoms with E-state index >= 15 is 0 Å². The van der Waals surface area contributed by atoms with Gasteiger partial charge in [-0.05, 0) is 25.7 Å². The van der Waals surface area contributed by atoms with Crippen LogP contribution < -0.4 is 0 Å². The van der Waals surface area contributed by atoms with Crippen molar-refractivity contribution < 1.29 is 19.1 Å². The Morgan fingerprint density at radius 2 is 1.83 bits per heavy atom. The van der Waals surface area contributed by atoms with Gasteiger partial charge in [-0.2, -0.15) is 0 Å². The topological polar surface area (TPSA) is 63.7 Å². The Morgan fingerprint density at radius 3 is 2.33 bits per heavy atom. The zero-order valence-corrected chi connectivity index (χ0v) is 10.8. The maximum atomic E-state index is 12.1. The van der Waals surface area contributed by atoms with Crippen molar-refractivity contribution in [1.82, 2.24) is 4.90 Å². The van der Waals surface area contributed by atoms with Crippen LogP contribution in [0.5, 0.6) is 0 Å². The molecule has 0 bridgehead atoms. The molecule has 2 rings (SSSR count). The summed E-state index contributed by atoms with van der Waals surface area (Å²) in [4.78, 5) is 36.6. The number of amides is 2. The Morgan fingerprint density at radius 1 is 1.28 bits per heavy atom. The zero-order valence-electron chi connectivity index (χ0n) is 10.8. The normalized spacial score (nSPS) is 30.8. The van der Waals surface area contributed by atoms with Gasteiger partial charge in [0.25, 0.3) is 0 Å². The molecule has 1 saturated heterocycles. The maximum Gasteiger partial charge on any atom is 0.307 e. The largest absolute Gasteiger partial charge is 0.466 e. The summed E-state index contributed by atoms with van der Waals surface area (Å²) in [5, 5.41) is 0. The molecule has 2 aliphatic rings. The quantitative estimate of drug-likeness (QED) is 0.553. The molecule has 0 aromatic heterocycles. The van der Waals surface area contributed by atoms with Crippen molar-refractivity contribution in [2.24, 2.45) is 17.8 Å². The molecule has 100 valence electrons. The van der Waals surface area contributed by atoms with Gasteiger partial charge in [0.05, 0.1) is 24.9 Å². The summed E-state index contributed by atoms with van der Waals surface area (Å²) in [6.45, 7) is 4.29. The summed E-state index contributed by atoms with van der Waals surface area (Å²) in [7, 11) is 0. The second-order valence-electron chi connectivity index (χ2n) is 5.17. The summed E-state index contributed by atoms with van der Waals surface area (Å²) in [5.41, 5.74) is 0. The molecule has 2 fully saturated rings. The average molecular weight is 253 g/mol. The molecule has 2 atom stereocenters. The SMILES string of the molecule is CCOC(=O)CCN1C(=O)C2CC(C)CC2C1=O. The smallest absolute Gasteiger partial charge is 0.307 e. The maximum absolute atomic E-state index is 12.1. The Kier molecular flexibility index (Phi) is 3.68. The summed E-state index contributed by atoms with van der Waals surface area (Å²) >= 11 is 0. The minimum Gasteiger partial charge on any atom is -0.466 e. The van der Waals surface area contributed by atoms with Crippen LogP contribution in [-0.2, 0) is 19.1 Å². The van der Waals surface area contributed by atoms with Crippen LogP contribution in [0.4, 0.5) is 0 Å². The molecule has 1 aliphatic heterocycles. The molecule has 5 nitrogen and oxygen atoms in total. The van der Waals surface area contributed by atoms with Gasteiger partial charge < -0.3 is 4.74 Å². The molecule has 0 aromatic carbocycles.